The first kappa shape index (κ1) is 42.9. The topological polar surface area (TPSA) is 223 Å². The summed E-state index contributed by atoms with van der Waals surface area (Å²) in [6.07, 6.45) is -7.74. The van der Waals surface area contributed by atoms with E-state index in [9.17, 15) is 0 Å². The fourth-order valence-corrected chi connectivity index (χ4v) is 20.0. The van der Waals surface area contributed by atoms with E-state index in [-0.39, 0.29) is 59.0 Å². The van der Waals surface area contributed by atoms with Crippen molar-refractivity contribution in [3.05, 3.63) is 82.9 Å². The van der Waals surface area contributed by atoms with E-state index in [0.717, 1.165) is 25.8 Å². The summed E-state index contributed by atoms with van der Waals surface area (Å²) >= 11 is 0. The molecular formula is C52H48N4O16. The molecule has 0 aromatic heterocycles. The van der Waals surface area contributed by atoms with Crippen molar-refractivity contribution in [1.29, 1.82) is 0 Å². The molecule has 11 fully saturated rings. The highest BCUT2D eigenvalue weighted by atomic mass is 16.6. The largest absolute Gasteiger partial charge is 0.383 e. The summed E-state index contributed by atoms with van der Waals surface area (Å²) in [7, 11) is 5.75. The molecule has 72 heavy (non-hydrogen) atoms. The first-order valence-corrected chi connectivity index (χ1v) is 24.8. The third-order valence-electron chi connectivity index (χ3n) is 21.3. The first-order chi connectivity index (χ1) is 34.9. The Labute approximate surface area is 410 Å². The molecule has 8 amide bonds. The lowest BCUT2D eigenvalue weighted by atomic mass is 9.24. The normalized spacial score (nSPS) is 48.4. The maximum atomic E-state index is 17.1. The molecule has 11 saturated heterocycles. The van der Waals surface area contributed by atoms with E-state index in [1.807, 2.05) is 36.4 Å². The Morgan fingerprint density at radius 1 is 0.472 bits per heavy atom. The number of rotatable bonds is 12. The molecule has 1 spiro atoms. The van der Waals surface area contributed by atoms with Gasteiger partial charge < -0.3 is 37.9 Å². The average molecular weight is 985 g/mol. The van der Waals surface area contributed by atoms with Crippen LogP contribution in [0.4, 0.5) is 0 Å². The average Bonchev–Trinajstić information content (AvgIpc) is 4.31. The summed E-state index contributed by atoms with van der Waals surface area (Å²) in [5.41, 5.74) is -17.2. The molecule has 12 aliphatic heterocycles. The van der Waals surface area contributed by atoms with Gasteiger partial charge in [0.05, 0.1) is 95.3 Å². The van der Waals surface area contributed by atoms with E-state index in [4.69, 9.17) is 37.9 Å². The second kappa shape index (κ2) is 12.5. The fraction of sp³-hybridized carbons (Fsp3) is 0.577. The second-order valence-electron chi connectivity index (χ2n) is 22.2. The number of nitrogens with zero attached hydrogens (tertiary/aromatic N) is 4. The molecule has 17 atom stereocenters. The predicted molar refractivity (Wildman–Crippen MR) is 234 cm³/mol. The van der Waals surface area contributed by atoms with E-state index in [0.29, 0.717) is 11.1 Å². The van der Waals surface area contributed by atoms with Crippen molar-refractivity contribution in [2.45, 2.75) is 60.7 Å². The zero-order valence-electron chi connectivity index (χ0n) is 39.6. The summed E-state index contributed by atoms with van der Waals surface area (Å²) in [5, 5.41) is 0. The van der Waals surface area contributed by atoms with Gasteiger partial charge in [-0.15, -0.1) is 0 Å². The Morgan fingerprint density at radius 2 is 0.917 bits per heavy atom. The van der Waals surface area contributed by atoms with Gasteiger partial charge in [0.25, 0.3) is 0 Å². The maximum absolute atomic E-state index is 17.1. The number of carbonyl (C=O) groups excluding carboxylic acids is 8. The van der Waals surface area contributed by atoms with Gasteiger partial charge in [0, 0.05) is 34.4 Å². The van der Waals surface area contributed by atoms with Crippen molar-refractivity contribution in [2.75, 3.05) is 81.0 Å². The van der Waals surface area contributed by atoms with Crippen molar-refractivity contribution < 1.29 is 76.3 Å². The number of hydrogen-bond donors (Lipinski definition) is 0. The number of likely N-dealkylation sites (tertiary alicyclic amines) is 4. The van der Waals surface area contributed by atoms with Crippen LogP contribution in [0.15, 0.2) is 60.7 Å². The maximum Gasteiger partial charge on any atom is 0.242 e. The number of imide groups is 4. The van der Waals surface area contributed by atoms with Crippen LogP contribution in [0.3, 0.4) is 0 Å². The lowest BCUT2D eigenvalue weighted by molar-refractivity contribution is -0.221. The van der Waals surface area contributed by atoms with Crippen LogP contribution in [0.25, 0.3) is 0 Å². The highest BCUT2D eigenvalue weighted by Gasteiger charge is 3.16. The molecule has 2 aliphatic carbocycles. The van der Waals surface area contributed by atoms with E-state index in [1.165, 1.54) is 33.3 Å². The summed E-state index contributed by atoms with van der Waals surface area (Å²) in [6.45, 7) is -1.15. The molecule has 2 aromatic carbocycles. The Kier molecular flexibility index (Phi) is 7.44. The summed E-state index contributed by atoms with van der Waals surface area (Å²) in [4.78, 5) is 137. The predicted octanol–water partition coefficient (Wildman–Crippen LogP) is -1.15. The third-order valence-corrected chi connectivity index (χ3v) is 21.3. The highest BCUT2D eigenvalue weighted by molar-refractivity contribution is 6.25. The Morgan fingerprint density at radius 3 is 1.50 bits per heavy atom. The first-order valence-electron chi connectivity index (χ1n) is 24.8. The number of methoxy groups -OCH3 is 4. The molecule has 0 radical (unpaired) electrons. The zero-order valence-corrected chi connectivity index (χ0v) is 39.6. The molecular weight excluding hydrogens is 937 g/mol. The van der Waals surface area contributed by atoms with E-state index in [2.05, 4.69) is 0 Å². The molecule has 0 N–H and O–H groups in total. The van der Waals surface area contributed by atoms with Crippen molar-refractivity contribution >= 4 is 47.3 Å². The van der Waals surface area contributed by atoms with Crippen LogP contribution >= 0.6 is 0 Å². The van der Waals surface area contributed by atoms with Crippen LogP contribution in [0, 0.1) is 43.3 Å². The van der Waals surface area contributed by atoms with Crippen LogP contribution in [0.2, 0.25) is 0 Å². The van der Waals surface area contributed by atoms with Gasteiger partial charge in [0.1, 0.15) is 48.9 Å². The fourth-order valence-electron chi connectivity index (χ4n) is 20.0. The molecule has 12 heterocycles. The van der Waals surface area contributed by atoms with Gasteiger partial charge in [0.15, 0.2) is 0 Å². The molecule has 14 aliphatic rings. The summed E-state index contributed by atoms with van der Waals surface area (Å²) in [5.74, 6) is -6.85. The highest BCUT2D eigenvalue weighted by Crippen LogP contribution is 3.00. The van der Waals surface area contributed by atoms with Crippen LogP contribution in [0.1, 0.15) is 28.2 Å². The van der Waals surface area contributed by atoms with E-state index < -0.39 is 145 Å². The lowest BCUT2D eigenvalue weighted by Gasteiger charge is -2.68. The summed E-state index contributed by atoms with van der Waals surface area (Å²) < 4.78 is 51.4. The number of benzene rings is 2. The number of amides is 8. The molecule has 2 aromatic rings. The van der Waals surface area contributed by atoms with Gasteiger partial charge in [-0.3, -0.25) is 58.0 Å². The number of carbonyl (C=O) groups is 8. The van der Waals surface area contributed by atoms with Gasteiger partial charge in [-0.25, -0.2) is 0 Å². The van der Waals surface area contributed by atoms with Gasteiger partial charge in [-0.05, 0) is 28.7 Å². The molecule has 0 unspecified atom stereocenters. The monoisotopic (exact) mass is 984 g/mol. The Hall–Kier alpha value is -5.58. The van der Waals surface area contributed by atoms with Gasteiger partial charge >= 0.3 is 0 Å². The second-order valence-corrected chi connectivity index (χ2v) is 22.2. The SMILES string of the molecule is COCCN1C(=O)[C@@]23[C@@H]4O[C@H]([C@]2(C1=O)[C@H]1O[C@@H]3[C@@]23C(=O)N(CCOC)C(=O)[C@@]12[C@]12O[C@H]3[C@]35C(=O)N(CCOC)C(=O)[C@@]31Cc1ccccc1[C@H]5c1ccccc12)[C@@]12C(=O)N(CCOC)C(=O)[C@@]41[C@@H]1C=C[C@H]2O1. The van der Waals surface area contributed by atoms with Gasteiger partial charge in [0.2, 0.25) is 47.3 Å². The Bertz CT molecular complexity index is 3110. The minimum Gasteiger partial charge on any atom is -0.383 e. The van der Waals surface area contributed by atoms with Crippen LogP contribution in [-0.4, -0.2) is 191 Å². The Balaban J connectivity index is 1.07. The van der Waals surface area contributed by atoms with Crippen molar-refractivity contribution in [3.63, 3.8) is 0 Å². The molecule has 16 rings (SSSR count). The zero-order chi connectivity index (χ0) is 49.4. The van der Waals surface area contributed by atoms with Crippen LogP contribution in [0.5, 0.6) is 0 Å². The van der Waals surface area contributed by atoms with Crippen LogP contribution < -0.4 is 0 Å². The number of hydrogen-bond acceptors (Lipinski definition) is 16. The summed E-state index contributed by atoms with van der Waals surface area (Å²) in [6, 6.07) is 14.8. The smallest absolute Gasteiger partial charge is 0.242 e. The van der Waals surface area contributed by atoms with Crippen molar-refractivity contribution in [1.82, 2.24) is 19.6 Å². The van der Waals surface area contributed by atoms with E-state index >= 15 is 38.4 Å². The quantitative estimate of drug-likeness (QED) is 0.181. The number of fused-ring (bicyclic) bond motifs is 11. The third kappa shape index (κ3) is 3.18. The van der Waals surface area contributed by atoms with E-state index in [1.54, 1.807) is 24.3 Å². The molecule has 20 nitrogen and oxygen atoms in total. The standard InChI is InChI=1S/C52H48N4O16/c1-65-19-15-53-36(57)44-23-24-9-5-6-10-25(24)30-26-11-7-8-12-27(26)52(44)51-35-49-32-46-29-14-13-28(69-29)45(46,37(58)54(38(46)59)16-20-66-2)31(70-32)48(49,40(61)55(41(49)62)17-21-67-3)33(71-35)50(51,34(72-52)47(30,44)39(53)60)42(63)56(43(51)64)18-22-68-4/h5-14,28-35H,15-23H2,1-4H3/t28-,29+,30-,31+,32-,33-,34-,35+,44-,45+,46-,47+,48-,49+,50+,51-,52+/m0/s1. The van der Waals surface area contributed by atoms with Crippen LogP contribution in [-0.2, 0) is 88.3 Å². The van der Waals surface area contributed by atoms with Gasteiger partial charge in [-0.2, -0.15) is 0 Å². The van der Waals surface area contributed by atoms with Crippen molar-refractivity contribution in [3.8, 4) is 0 Å². The molecule has 11 bridgehead atoms. The minimum atomic E-state index is -2.43. The lowest BCUT2D eigenvalue weighted by Crippen LogP contribution is -2.85. The molecule has 0 saturated carbocycles. The minimum absolute atomic E-state index is 0.0264. The molecule has 372 valence electrons. The molecule has 20 heteroatoms. The van der Waals surface area contributed by atoms with Gasteiger partial charge in [-0.1, -0.05) is 60.7 Å². The number of ether oxygens (including phenoxy) is 8. The van der Waals surface area contributed by atoms with Crippen molar-refractivity contribution in [2.24, 2.45) is 43.3 Å².